The number of likely N-dealkylation sites (N-methyl/N-ethyl adjacent to an activating group) is 2. The zero-order chi connectivity index (χ0) is 43.1. The largest absolute Gasteiger partial charge is 0.490 e. The Labute approximate surface area is 337 Å². The van der Waals surface area contributed by atoms with E-state index in [0.717, 1.165) is 11.1 Å². The smallest absolute Gasteiger partial charge is 0.475 e. The van der Waals surface area contributed by atoms with Gasteiger partial charge in [-0.1, -0.05) is 48.5 Å². The van der Waals surface area contributed by atoms with Crippen LogP contribution in [0.1, 0.15) is 57.1 Å². The van der Waals surface area contributed by atoms with Gasteiger partial charge in [0, 0.05) is 45.7 Å². The number of amides is 3. The highest BCUT2D eigenvalue weighted by Gasteiger charge is 2.38. The summed E-state index contributed by atoms with van der Waals surface area (Å²) in [5, 5.41) is 12.9. The highest BCUT2D eigenvalue weighted by molar-refractivity contribution is 5.79. The van der Waals surface area contributed by atoms with Crippen molar-refractivity contribution in [1.82, 2.24) is 20.4 Å². The van der Waals surface area contributed by atoms with E-state index in [4.69, 9.17) is 33.6 Å². The van der Waals surface area contributed by atoms with Crippen LogP contribution in [0.4, 0.5) is 18.0 Å². The monoisotopic (exact) mass is 826 g/mol. The number of fused-ring (bicyclic) bond motifs is 3. The van der Waals surface area contributed by atoms with E-state index in [-0.39, 0.29) is 82.5 Å². The molecule has 3 N–H and O–H groups in total. The fourth-order valence-corrected chi connectivity index (χ4v) is 5.52. The third kappa shape index (κ3) is 19.1. The van der Waals surface area contributed by atoms with E-state index in [1.54, 1.807) is 16.8 Å². The number of esters is 1. The third-order valence-corrected chi connectivity index (χ3v) is 8.38. The number of hydrogen-bond donors (Lipinski definition) is 3. The number of hydrogen-bond acceptors (Lipinski definition) is 11. The summed E-state index contributed by atoms with van der Waals surface area (Å²) < 4.78 is 59.0. The minimum Gasteiger partial charge on any atom is -0.475 e. The van der Waals surface area contributed by atoms with Gasteiger partial charge in [0.05, 0.1) is 58.9 Å². The molecule has 0 aliphatic heterocycles. The van der Waals surface area contributed by atoms with Gasteiger partial charge < -0.3 is 49.2 Å². The topological polar surface area (TPSA) is 182 Å². The molecule has 58 heavy (non-hydrogen) atoms. The molecule has 1 aliphatic carbocycles. The van der Waals surface area contributed by atoms with Gasteiger partial charge in [-0.3, -0.25) is 14.4 Å². The Balaban J connectivity index is 0.00000151. The van der Waals surface area contributed by atoms with Crippen LogP contribution in [0.2, 0.25) is 0 Å². The Bertz CT molecular complexity index is 1560. The number of nitrogens with zero attached hydrogens (tertiary/aromatic N) is 2. The van der Waals surface area contributed by atoms with E-state index in [9.17, 15) is 32.3 Å². The molecular weight excluding hydrogens is 769 g/mol. The van der Waals surface area contributed by atoms with Crippen molar-refractivity contribution >= 4 is 29.8 Å². The summed E-state index contributed by atoms with van der Waals surface area (Å²) in [6.45, 7) is 9.38. The second kappa shape index (κ2) is 25.6. The van der Waals surface area contributed by atoms with Gasteiger partial charge in [0.25, 0.3) is 0 Å². The second-order valence-corrected chi connectivity index (χ2v) is 14.0. The number of carbonyl (C=O) groups is 5. The fraction of sp³-hybridized carbons (Fsp3) is 0.575. The molecule has 324 valence electrons. The highest BCUT2D eigenvalue weighted by atomic mass is 19.4. The standard InChI is InChI=1S/C38H56N4O9.C2HF3O2/c1-38(2,3)51-36(45)16-24-49-27-26-48-22-14-34(43)41(5)20-21-42(19-17-39-4)35(44)15-23-47-25-18-40-37(46)50-28-33-31-12-8-6-10-29(31)30-11-7-9-13-32(30)33;3-2(4,5)1(6)7/h6-13,33,39H,14-28H2,1-5H3,(H,40,46);(H,6,7). The molecule has 2 aromatic carbocycles. The van der Waals surface area contributed by atoms with Gasteiger partial charge in [-0.2, -0.15) is 13.2 Å². The second-order valence-electron chi connectivity index (χ2n) is 14.0. The lowest BCUT2D eigenvalue weighted by Crippen LogP contribution is -2.42. The Morgan fingerprint density at radius 2 is 1.24 bits per heavy atom. The summed E-state index contributed by atoms with van der Waals surface area (Å²) in [4.78, 5) is 61.8. The average molecular weight is 827 g/mol. The maximum Gasteiger partial charge on any atom is 0.490 e. The molecule has 0 unspecified atom stereocenters. The van der Waals surface area contributed by atoms with E-state index in [1.165, 1.54) is 11.1 Å². The van der Waals surface area contributed by atoms with Crippen LogP contribution >= 0.6 is 0 Å². The van der Waals surface area contributed by atoms with Crippen LogP contribution in [-0.2, 0) is 42.9 Å². The number of carboxylic acid groups (broad SMARTS) is 1. The van der Waals surface area contributed by atoms with Crippen LogP contribution in [0.5, 0.6) is 0 Å². The Morgan fingerprint density at radius 3 is 1.78 bits per heavy atom. The molecule has 0 radical (unpaired) electrons. The first kappa shape index (κ1) is 49.4. The predicted octanol–water partition coefficient (Wildman–Crippen LogP) is 4.23. The molecule has 18 heteroatoms. The zero-order valence-electron chi connectivity index (χ0n) is 33.9. The number of carbonyl (C=O) groups excluding carboxylic acids is 4. The van der Waals surface area contributed by atoms with Gasteiger partial charge in [-0.15, -0.1) is 0 Å². The minimum absolute atomic E-state index is 0.00994. The number of aliphatic carboxylic acids is 1. The number of nitrogens with one attached hydrogen (secondary N) is 2. The molecule has 1 aliphatic rings. The van der Waals surface area contributed by atoms with Crippen molar-refractivity contribution in [2.75, 3.05) is 93.1 Å². The van der Waals surface area contributed by atoms with Crippen LogP contribution in [0, 0.1) is 0 Å². The molecule has 0 saturated heterocycles. The summed E-state index contributed by atoms with van der Waals surface area (Å²) >= 11 is 0. The van der Waals surface area contributed by atoms with E-state index in [1.807, 2.05) is 52.1 Å². The predicted molar refractivity (Wildman–Crippen MR) is 207 cm³/mol. The quantitative estimate of drug-likeness (QED) is 0.107. The summed E-state index contributed by atoms with van der Waals surface area (Å²) in [7, 11) is 3.52. The first-order chi connectivity index (χ1) is 27.4. The molecule has 0 bridgehead atoms. The van der Waals surface area contributed by atoms with Crippen LogP contribution < -0.4 is 10.6 Å². The Kier molecular flexibility index (Phi) is 21.7. The molecule has 0 fully saturated rings. The van der Waals surface area contributed by atoms with E-state index < -0.39 is 23.8 Å². The molecule has 0 atom stereocenters. The first-order valence-electron chi connectivity index (χ1n) is 18.9. The third-order valence-electron chi connectivity index (χ3n) is 8.38. The van der Waals surface area contributed by atoms with Crippen molar-refractivity contribution in [3.63, 3.8) is 0 Å². The van der Waals surface area contributed by atoms with E-state index >= 15 is 0 Å². The maximum atomic E-state index is 12.9. The lowest BCUT2D eigenvalue weighted by molar-refractivity contribution is -0.192. The molecule has 3 rings (SSSR count). The van der Waals surface area contributed by atoms with Crippen molar-refractivity contribution in [2.45, 2.75) is 57.7 Å². The van der Waals surface area contributed by atoms with Crippen molar-refractivity contribution in [3.8, 4) is 11.1 Å². The number of alkyl carbamates (subject to hydrolysis) is 1. The van der Waals surface area contributed by atoms with Crippen molar-refractivity contribution < 1.29 is 65.9 Å². The zero-order valence-corrected chi connectivity index (χ0v) is 33.9. The van der Waals surface area contributed by atoms with Crippen LogP contribution in [0.3, 0.4) is 0 Å². The van der Waals surface area contributed by atoms with E-state index in [0.29, 0.717) is 39.4 Å². The Morgan fingerprint density at radius 1 is 0.724 bits per heavy atom. The number of rotatable bonds is 23. The van der Waals surface area contributed by atoms with E-state index in [2.05, 4.69) is 34.9 Å². The molecule has 0 spiro atoms. The van der Waals surface area contributed by atoms with Gasteiger partial charge in [0.15, 0.2) is 0 Å². The summed E-state index contributed by atoms with van der Waals surface area (Å²) in [5.74, 6) is -3.24. The van der Waals surface area contributed by atoms with Gasteiger partial charge in [-0.25, -0.2) is 9.59 Å². The van der Waals surface area contributed by atoms with Gasteiger partial charge >= 0.3 is 24.2 Å². The number of ether oxygens (including phenoxy) is 5. The normalized spacial score (nSPS) is 12.1. The molecule has 3 amide bonds. The number of alkyl halides is 3. The molecule has 0 saturated carbocycles. The van der Waals surface area contributed by atoms with Gasteiger partial charge in [0.2, 0.25) is 11.8 Å². The summed E-state index contributed by atoms with van der Waals surface area (Å²) in [6, 6.07) is 16.4. The maximum absolute atomic E-state index is 12.9. The molecule has 15 nitrogen and oxygen atoms in total. The lowest BCUT2D eigenvalue weighted by Gasteiger charge is -2.26. The molecular formula is C40H57F3N4O11. The Hall–Kier alpha value is -4.78. The van der Waals surface area contributed by atoms with Crippen LogP contribution in [0.25, 0.3) is 11.1 Å². The number of benzene rings is 2. The summed E-state index contributed by atoms with van der Waals surface area (Å²) in [6.07, 6.45) is -5.04. The first-order valence-corrected chi connectivity index (χ1v) is 18.9. The van der Waals surface area contributed by atoms with Gasteiger partial charge in [0.1, 0.15) is 12.2 Å². The molecule has 2 aromatic rings. The fourth-order valence-electron chi connectivity index (χ4n) is 5.52. The van der Waals surface area contributed by atoms with Crippen LogP contribution in [0.15, 0.2) is 48.5 Å². The summed E-state index contributed by atoms with van der Waals surface area (Å²) in [5.41, 5.74) is 4.13. The SMILES string of the molecule is CNCCN(CCN(C)C(=O)CCOCCOCCC(=O)OC(C)(C)C)C(=O)CCOCCNC(=O)OCC1c2ccccc2-c2ccccc21.O=C(O)C(F)(F)F. The number of halogens is 3. The van der Waals surface area contributed by atoms with Crippen molar-refractivity contribution in [2.24, 2.45) is 0 Å². The van der Waals surface area contributed by atoms with Gasteiger partial charge in [-0.05, 0) is 50.1 Å². The molecule has 0 aromatic heterocycles. The van der Waals surface area contributed by atoms with Crippen molar-refractivity contribution in [3.05, 3.63) is 59.7 Å². The molecule has 0 heterocycles. The number of carboxylic acids is 1. The minimum atomic E-state index is -5.08. The van der Waals surface area contributed by atoms with Crippen LogP contribution in [-0.4, -0.2) is 150 Å². The lowest BCUT2D eigenvalue weighted by atomic mass is 9.98. The highest BCUT2D eigenvalue weighted by Crippen LogP contribution is 2.44. The van der Waals surface area contributed by atoms with Crippen molar-refractivity contribution in [1.29, 1.82) is 0 Å². The average Bonchev–Trinajstić information content (AvgIpc) is 3.48.